The zero-order valence-corrected chi connectivity index (χ0v) is 13.2. The van der Waals surface area contributed by atoms with Crippen molar-refractivity contribution < 1.29 is 9.69 Å². The molecule has 19 heavy (non-hydrogen) atoms. The number of likely N-dealkylation sites (N-methyl/N-ethyl adjacent to an activating group) is 1. The van der Waals surface area contributed by atoms with Crippen LogP contribution in [0.15, 0.2) is 11.6 Å². The largest absolute Gasteiger partial charge is 0.346 e. The molecule has 1 amide bonds. The first-order chi connectivity index (χ1) is 9.15. The van der Waals surface area contributed by atoms with E-state index in [0.29, 0.717) is 10.9 Å². The monoisotopic (exact) mass is 317 g/mol. The van der Waals surface area contributed by atoms with Gasteiger partial charge in [0.2, 0.25) is 5.91 Å². The summed E-state index contributed by atoms with van der Waals surface area (Å²) in [4.78, 5) is 19.4. The standard InChI is InChI=1S/C11H16N4OS3/c1-14-3-5-15(6-4-14)11(17)19-8-9(16)13-10-12-2-7-18-10/h2,7H,3-6,8H2,1H3,(H,12,13,16)/p+1. The molecule has 0 aromatic carbocycles. The first-order valence-electron chi connectivity index (χ1n) is 6.07. The van der Waals surface area contributed by atoms with Crippen molar-refractivity contribution in [2.75, 3.05) is 44.3 Å². The molecular weight excluding hydrogens is 300 g/mol. The topological polar surface area (TPSA) is 49.7 Å². The van der Waals surface area contributed by atoms with Crippen LogP contribution in [0.4, 0.5) is 5.13 Å². The minimum Gasteiger partial charge on any atom is -0.346 e. The van der Waals surface area contributed by atoms with Crippen LogP contribution in [0.25, 0.3) is 0 Å². The van der Waals surface area contributed by atoms with Crippen LogP contribution in [0.5, 0.6) is 0 Å². The molecule has 1 aliphatic heterocycles. The number of thioether (sulfide) groups is 1. The highest BCUT2D eigenvalue weighted by molar-refractivity contribution is 8.23. The SMILES string of the molecule is C[NH+]1CCN(C(=S)SCC(=O)Nc2nccs2)CC1. The summed E-state index contributed by atoms with van der Waals surface area (Å²) in [5.41, 5.74) is 0. The Kier molecular flexibility index (Phi) is 5.56. The Hall–Kier alpha value is -0.700. The smallest absolute Gasteiger partial charge is 0.236 e. The van der Waals surface area contributed by atoms with Crippen LogP contribution in [0.1, 0.15) is 0 Å². The molecule has 2 N–H and O–H groups in total. The van der Waals surface area contributed by atoms with Gasteiger partial charge in [-0.2, -0.15) is 0 Å². The maximum Gasteiger partial charge on any atom is 0.236 e. The molecule has 1 aromatic rings. The Balaban J connectivity index is 1.70. The van der Waals surface area contributed by atoms with Crippen LogP contribution in [-0.2, 0) is 4.79 Å². The highest BCUT2D eigenvalue weighted by Crippen LogP contribution is 2.13. The molecule has 0 atom stereocenters. The number of nitrogens with one attached hydrogen (secondary N) is 2. The van der Waals surface area contributed by atoms with Crippen molar-refractivity contribution in [1.29, 1.82) is 0 Å². The number of carbonyl (C=O) groups excluding carboxylic acids is 1. The van der Waals surface area contributed by atoms with Crippen molar-refractivity contribution in [1.82, 2.24) is 9.88 Å². The normalized spacial score (nSPS) is 16.4. The number of hydrogen-bond donors (Lipinski definition) is 2. The lowest BCUT2D eigenvalue weighted by molar-refractivity contribution is -0.883. The second kappa shape index (κ2) is 7.18. The average Bonchev–Trinajstić information content (AvgIpc) is 2.89. The molecule has 0 bridgehead atoms. The van der Waals surface area contributed by atoms with Crippen LogP contribution in [0.3, 0.4) is 0 Å². The van der Waals surface area contributed by atoms with Crippen molar-refractivity contribution >= 4 is 50.7 Å². The van der Waals surface area contributed by atoms with Gasteiger partial charge in [-0.05, 0) is 0 Å². The van der Waals surface area contributed by atoms with E-state index in [2.05, 4.69) is 22.2 Å². The van der Waals surface area contributed by atoms with Crippen molar-refractivity contribution in [3.8, 4) is 0 Å². The fourth-order valence-electron chi connectivity index (χ4n) is 1.73. The molecule has 1 aromatic heterocycles. The lowest BCUT2D eigenvalue weighted by atomic mass is 10.4. The molecular formula is C11H17N4OS3+. The summed E-state index contributed by atoms with van der Waals surface area (Å²) < 4.78 is 0.821. The number of carbonyl (C=O) groups is 1. The van der Waals surface area contributed by atoms with Crippen LogP contribution < -0.4 is 10.2 Å². The number of thiocarbonyl (C=S) groups is 1. The number of quaternary nitrogens is 1. The fraction of sp³-hybridized carbons (Fsp3) is 0.545. The van der Waals surface area contributed by atoms with Crippen LogP contribution in [0.2, 0.25) is 0 Å². The van der Waals surface area contributed by atoms with Gasteiger partial charge in [0.15, 0.2) is 5.13 Å². The number of hydrogen-bond acceptors (Lipinski definition) is 5. The predicted octanol–water partition coefficient (Wildman–Crippen LogP) is -0.0700. The lowest BCUT2D eigenvalue weighted by Gasteiger charge is -2.31. The number of aromatic nitrogens is 1. The van der Waals surface area contributed by atoms with Crippen LogP contribution in [0, 0.1) is 0 Å². The number of anilines is 1. The van der Waals surface area contributed by atoms with E-state index < -0.39 is 0 Å². The van der Waals surface area contributed by atoms with E-state index in [9.17, 15) is 4.79 Å². The molecule has 2 rings (SSSR count). The third-order valence-electron chi connectivity index (χ3n) is 2.88. The average molecular weight is 317 g/mol. The summed E-state index contributed by atoms with van der Waals surface area (Å²) in [7, 11) is 2.19. The molecule has 1 saturated heterocycles. The van der Waals surface area contributed by atoms with E-state index in [0.717, 1.165) is 30.5 Å². The van der Waals surface area contributed by atoms with Crippen molar-refractivity contribution in [3.63, 3.8) is 0 Å². The Bertz CT molecular complexity index is 429. The second-order valence-electron chi connectivity index (χ2n) is 4.38. The van der Waals surface area contributed by atoms with Crippen molar-refractivity contribution in [2.24, 2.45) is 0 Å². The van der Waals surface area contributed by atoms with E-state index in [-0.39, 0.29) is 5.91 Å². The van der Waals surface area contributed by atoms with Gasteiger partial charge in [0, 0.05) is 11.6 Å². The van der Waals surface area contributed by atoms with E-state index >= 15 is 0 Å². The molecule has 5 nitrogen and oxygen atoms in total. The minimum absolute atomic E-state index is 0.0537. The Morgan fingerprint density at radius 1 is 1.63 bits per heavy atom. The molecule has 104 valence electrons. The van der Waals surface area contributed by atoms with Gasteiger partial charge >= 0.3 is 0 Å². The first kappa shape index (κ1) is 14.7. The van der Waals surface area contributed by atoms with Gasteiger partial charge in [-0.3, -0.25) is 4.79 Å². The van der Waals surface area contributed by atoms with Gasteiger partial charge in [0.1, 0.15) is 4.32 Å². The maximum absolute atomic E-state index is 11.7. The van der Waals surface area contributed by atoms with Gasteiger partial charge in [0.25, 0.3) is 0 Å². The molecule has 0 radical (unpaired) electrons. The summed E-state index contributed by atoms with van der Waals surface area (Å²) in [5.74, 6) is 0.291. The van der Waals surface area contributed by atoms with Gasteiger partial charge in [0.05, 0.1) is 39.0 Å². The zero-order chi connectivity index (χ0) is 13.7. The number of piperazine rings is 1. The van der Waals surface area contributed by atoms with Crippen LogP contribution in [-0.4, -0.2) is 59.1 Å². The molecule has 1 fully saturated rings. The summed E-state index contributed by atoms with van der Waals surface area (Å²) >= 11 is 8.21. The molecule has 2 heterocycles. The molecule has 8 heteroatoms. The highest BCUT2D eigenvalue weighted by Gasteiger charge is 2.19. The second-order valence-corrected chi connectivity index (χ2v) is 6.89. The molecule has 0 spiro atoms. The quantitative estimate of drug-likeness (QED) is 0.765. The fourth-order valence-corrected chi connectivity index (χ4v) is 3.33. The van der Waals surface area contributed by atoms with Gasteiger partial charge < -0.3 is 15.1 Å². The molecule has 0 saturated carbocycles. The van der Waals surface area contributed by atoms with Gasteiger partial charge in [-0.25, -0.2) is 4.98 Å². The summed E-state index contributed by atoms with van der Waals surface area (Å²) in [5, 5.41) is 5.22. The third kappa shape index (κ3) is 4.72. The predicted molar refractivity (Wildman–Crippen MR) is 84.0 cm³/mol. The van der Waals surface area contributed by atoms with Gasteiger partial charge in [-0.1, -0.05) is 24.0 Å². The molecule has 0 aliphatic carbocycles. The zero-order valence-electron chi connectivity index (χ0n) is 10.7. The van der Waals surface area contributed by atoms with E-state index in [4.69, 9.17) is 12.2 Å². The van der Waals surface area contributed by atoms with Crippen molar-refractivity contribution in [2.45, 2.75) is 0 Å². The minimum atomic E-state index is -0.0537. The van der Waals surface area contributed by atoms with E-state index in [1.807, 2.05) is 5.38 Å². The number of amides is 1. The van der Waals surface area contributed by atoms with Crippen LogP contribution >= 0.6 is 35.3 Å². The first-order valence-corrected chi connectivity index (χ1v) is 8.35. The van der Waals surface area contributed by atoms with Gasteiger partial charge in [-0.15, -0.1) is 11.3 Å². The Morgan fingerprint density at radius 3 is 3.00 bits per heavy atom. The lowest BCUT2D eigenvalue weighted by Crippen LogP contribution is -3.12. The molecule has 0 unspecified atom stereocenters. The summed E-state index contributed by atoms with van der Waals surface area (Å²) in [6, 6.07) is 0. The Morgan fingerprint density at radius 2 is 2.37 bits per heavy atom. The summed E-state index contributed by atoms with van der Waals surface area (Å²) in [6.45, 7) is 4.16. The number of thiazole rings is 1. The summed E-state index contributed by atoms with van der Waals surface area (Å²) in [6.07, 6.45) is 1.67. The Labute approximate surface area is 126 Å². The molecule has 1 aliphatic rings. The highest BCUT2D eigenvalue weighted by atomic mass is 32.2. The maximum atomic E-state index is 11.7. The van der Waals surface area contributed by atoms with Crippen molar-refractivity contribution in [3.05, 3.63) is 11.6 Å². The van der Waals surface area contributed by atoms with E-state index in [1.165, 1.54) is 28.0 Å². The van der Waals surface area contributed by atoms with E-state index in [1.54, 1.807) is 6.20 Å². The number of rotatable bonds is 3. The third-order valence-corrected chi connectivity index (χ3v) is 5.09. The number of nitrogens with zero attached hydrogens (tertiary/aromatic N) is 2.